The van der Waals surface area contributed by atoms with Gasteiger partial charge >= 0.3 is 0 Å². The number of benzene rings is 2. The van der Waals surface area contributed by atoms with Crippen LogP contribution in [0.15, 0.2) is 42.6 Å². The van der Waals surface area contributed by atoms with Gasteiger partial charge in [0.1, 0.15) is 0 Å². The Morgan fingerprint density at radius 2 is 2.17 bits per heavy atom. The van der Waals surface area contributed by atoms with Crippen molar-refractivity contribution >= 4 is 43.5 Å². The molecule has 2 N–H and O–H groups in total. The number of H-pyrrole nitrogens is 1. The molecule has 4 aromatic rings. The van der Waals surface area contributed by atoms with Crippen LogP contribution in [0.4, 0.5) is 5.13 Å². The van der Waals surface area contributed by atoms with Crippen LogP contribution in [0.25, 0.3) is 32.2 Å². The van der Waals surface area contributed by atoms with E-state index in [9.17, 15) is 4.79 Å². The Labute approximate surface area is 141 Å². The fourth-order valence-corrected chi connectivity index (χ4v) is 3.83. The summed E-state index contributed by atoms with van der Waals surface area (Å²) in [5.74, 6) is 0.281. The zero-order valence-corrected chi connectivity index (χ0v) is 13.6. The molecule has 5 rings (SSSR count). The summed E-state index contributed by atoms with van der Waals surface area (Å²) in [7, 11) is 0. The first kappa shape index (κ1) is 13.7. The van der Waals surface area contributed by atoms with Crippen LogP contribution in [0.2, 0.25) is 0 Å². The number of thiazole rings is 1. The quantitative estimate of drug-likeness (QED) is 0.590. The van der Waals surface area contributed by atoms with Gasteiger partial charge in [-0.25, -0.2) is 4.98 Å². The van der Waals surface area contributed by atoms with Gasteiger partial charge in [-0.05, 0) is 42.2 Å². The van der Waals surface area contributed by atoms with Gasteiger partial charge in [-0.2, -0.15) is 5.10 Å². The second-order valence-corrected chi connectivity index (χ2v) is 7.13. The van der Waals surface area contributed by atoms with E-state index in [1.807, 2.05) is 24.4 Å². The van der Waals surface area contributed by atoms with Gasteiger partial charge in [0.15, 0.2) is 5.13 Å². The lowest BCUT2D eigenvalue weighted by Gasteiger charge is -2.03. The predicted octanol–water partition coefficient (Wildman–Crippen LogP) is 4.19. The average Bonchev–Trinajstić information content (AvgIpc) is 3.20. The minimum atomic E-state index is 0.0949. The Morgan fingerprint density at radius 3 is 3.04 bits per heavy atom. The highest BCUT2D eigenvalue weighted by Gasteiger charge is 2.30. The van der Waals surface area contributed by atoms with Crippen LogP contribution in [-0.4, -0.2) is 21.1 Å². The summed E-state index contributed by atoms with van der Waals surface area (Å²) in [4.78, 5) is 16.4. The van der Waals surface area contributed by atoms with E-state index in [0.29, 0.717) is 5.13 Å². The number of nitrogens with zero attached hydrogens (tertiary/aromatic N) is 2. The number of aromatic amines is 1. The highest BCUT2D eigenvalue weighted by atomic mass is 32.1. The molecule has 0 unspecified atom stereocenters. The van der Waals surface area contributed by atoms with Crippen molar-refractivity contribution in [3.63, 3.8) is 0 Å². The maximum Gasteiger partial charge on any atom is 0.229 e. The summed E-state index contributed by atoms with van der Waals surface area (Å²) < 4.78 is 1.07. The number of carbonyl (C=O) groups is 1. The Bertz CT molecular complexity index is 1080. The monoisotopic (exact) mass is 334 g/mol. The normalized spacial score (nSPS) is 14.3. The lowest BCUT2D eigenvalue weighted by atomic mass is 10.0. The van der Waals surface area contributed by atoms with Gasteiger partial charge in [0.2, 0.25) is 5.91 Å². The Kier molecular flexibility index (Phi) is 2.93. The van der Waals surface area contributed by atoms with Crippen molar-refractivity contribution < 1.29 is 4.79 Å². The second-order valence-electron chi connectivity index (χ2n) is 6.10. The lowest BCUT2D eigenvalue weighted by Crippen LogP contribution is -2.12. The van der Waals surface area contributed by atoms with Crippen LogP contribution < -0.4 is 5.32 Å². The van der Waals surface area contributed by atoms with Crippen molar-refractivity contribution in [2.45, 2.75) is 12.8 Å². The van der Waals surface area contributed by atoms with Crippen LogP contribution in [0.1, 0.15) is 12.8 Å². The standard InChI is InChI=1S/C18H14N4OS/c23-17(10-4-5-10)21-18-20-15-7-6-11(8-16(15)24-18)12-2-1-3-14-13(12)9-19-22-14/h1-3,6-10H,4-5H2,(H,19,22)(H,20,21,23). The van der Waals surface area contributed by atoms with Crippen molar-refractivity contribution in [2.24, 2.45) is 5.92 Å². The molecule has 0 bridgehead atoms. The maximum atomic E-state index is 11.9. The molecule has 1 aliphatic rings. The summed E-state index contributed by atoms with van der Waals surface area (Å²) in [5.41, 5.74) is 4.20. The Balaban J connectivity index is 1.55. The molecule has 0 spiro atoms. The summed E-state index contributed by atoms with van der Waals surface area (Å²) in [6, 6.07) is 12.3. The number of anilines is 1. The van der Waals surface area contributed by atoms with E-state index >= 15 is 0 Å². The van der Waals surface area contributed by atoms with E-state index in [-0.39, 0.29) is 11.8 Å². The molecule has 24 heavy (non-hydrogen) atoms. The smallest absolute Gasteiger partial charge is 0.229 e. The number of aromatic nitrogens is 3. The van der Waals surface area contributed by atoms with E-state index in [1.165, 1.54) is 11.3 Å². The summed E-state index contributed by atoms with van der Waals surface area (Å²) in [6.45, 7) is 0. The fourth-order valence-electron chi connectivity index (χ4n) is 2.92. The molecule has 2 aromatic carbocycles. The molecule has 2 heterocycles. The summed E-state index contributed by atoms with van der Waals surface area (Å²) >= 11 is 1.52. The number of nitrogens with one attached hydrogen (secondary N) is 2. The molecule has 0 saturated heterocycles. The third-order valence-corrected chi connectivity index (χ3v) is 5.30. The van der Waals surface area contributed by atoms with Gasteiger partial charge in [0.25, 0.3) is 0 Å². The van der Waals surface area contributed by atoms with Gasteiger partial charge < -0.3 is 5.32 Å². The molecule has 0 radical (unpaired) electrons. The highest BCUT2D eigenvalue weighted by molar-refractivity contribution is 7.22. The van der Waals surface area contributed by atoms with Crippen LogP contribution in [0, 0.1) is 5.92 Å². The SMILES string of the molecule is O=C(Nc1nc2ccc(-c3cccc4[nH]ncc34)cc2s1)C1CC1. The molecule has 0 aliphatic heterocycles. The zero-order valence-electron chi connectivity index (χ0n) is 12.7. The van der Waals surface area contributed by atoms with Gasteiger partial charge in [-0.15, -0.1) is 0 Å². The largest absolute Gasteiger partial charge is 0.302 e. The molecule has 6 heteroatoms. The van der Waals surface area contributed by atoms with Crippen LogP contribution in [0.5, 0.6) is 0 Å². The first-order valence-electron chi connectivity index (χ1n) is 7.92. The summed E-state index contributed by atoms with van der Waals surface area (Å²) in [6.07, 6.45) is 3.84. The van der Waals surface area contributed by atoms with Crippen molar-refractivity contribution in [2.75, 3.05) is 5.32 Å². The number of amides is 1. The first-order valence-corrected chi connectivity index (χ1v) is 8.73. The van der Waals surface area contributed by atoms with E-state index in [2.05, 4.69) is 38.7 Å². The molecular formula is C18H14N4OS. The van der Waals surface area contributed by atoms with E-state index in [4.69, 9.17) is 0 Å². The van der Waals surface area contributed by atoms with E-state index < -0.39 is 0 Å². The Morgan fingerprint density at radius 1 is 1.25 bits per heavy atom. The van der Waals surface area contributed by atoms with Gasteiger partial charge in [0.05, 0.1) is 21.9 Å². The van der Waals surface area contributed by atoms with Crippen LogP contribution in [0.3, 0.4) is 0 Å². The molecule has 118 valence electrons. The molecule has 0 atom stereocenters. The molecule has 2 aromatic heterocycles. The third kappa shape index (κ3) is 2.27. The molecule has 1 saturated carbocycles. The number of fused-ring (bicyclic) bond motifs is 2. The minimum absolute atomic E-state index is 0.0949. The van der Waals surface area contributed by atoms with E-state index in [0.717, 1.165) is 45.1 Å². The number of hydrogen-bond donors (Lipinski definition) is 2. The highest BCUT2D eigenvalue weighted by Crippen LogP contribution is 2.35. The van der Waals surface area contributed by atoms with E-state index in [1.54, 1.807) is 0 Å². The molecular weight excluding hydrogens is 320 g/mol. The lowest BCUT2D eigenvalue weighted by molar-refractivity contribution is -0.117. The van der Waals surface area contributed by atoms with Crippen molar-refractivity contribution in [1.29, 1.82) is 0 Å². The van der Waals surface area contributed by atoms with Crippen molar-refractivity contribution in [3.05, 3.63) is 42.6 Å². The topological polar surface area (TPSA) is 70.7 Å². The first-order chi connectivity index (χ1) is 11.8. The van der Waals surface area contributed by atoms with Crippen LogP contribution in [-0.2, 0) is 4.79 Å². The fraction of sp³-hybridized carbons (Fsp3) is 0.167. The number of hydrogen-bond acceptors (Lipinski definition) is 4. The predicted molar refractivity (Wildman–Crippen MR) is 96.1 cm³/mol. The average molecular weight is 334 g/mol. The maximum absolute atomic E-state index is 11.9. The third-order valence-electron chi connectivity index (χ3n) is 4.36. The van der Waals surface area contributed by atoms with Gasteiger partial charge in [0, 0.05) is 11.3 Å². The second kappa shape index (κ2) is 5.14. The molecule has 1 fully saturated rings. The van der Waals surface area contributed by atoms with Gasteiger partial charge in [-0.3, -0.25) is 9.89 Å². The summed E-state index contributed by atoms with van der Waals surface area (Å²) in [5, 5.41) is 11.8. The minimum Gasteiger partial charge on any atom is -0.302 e. The molecule has 1 amide bonds. The van der Waals surface area contributed by atoms with Gasteiger partial charge in [-0.1, -0.05) is 29.5 Å². The van der Waals surface area contributed by atoms with Crippen molar-refractivity contribution in [1.82, 2.24) is 15.2 Å². The van der Waals surface area contributed by atoms with Crippen molar-refractivity contribution in [3.8, 4) is 11.1 Å². The zero-order chi connectivity index (χ0) is 16.1. The number of rotatable bonds is 3. The Hall–Kier alpha value is -2.73. The molecule has 1 aliphatic carbocycles. The molecule has 5 nitrogen and oxygen atoms in total. The number of carbonyl (C=O) groups excluding carboxylic acids is 1. The van der Waals surface area contributed by atoms with Crippen LogP contribution >= 0.6 is 11.3 Å².